The van der Waals surface area contributed by atoms with Crippen LogP contribution in [0.5, 0.6) is 5.75 Å². The Morgan fingerprint density at radius 3 is 2.45 bits per heavy atom. The Bertz CT molecular complexity index is 1160. The number of methoxy groups -OCH3 is 1. The van der Waals surface area contributed by atoms with Crippen LogP contribution < -0.4 is 20.6 Å². The van der Waals surface area contributed by atoms with E-state index in [0.717, 1.165) is 16.7 Å². The van der Waals surface area contributed by atoms with E-state index in [1.54, 1.807) is 24.1 Å². The number of ether oxygens (including phenoxy) is 1. The van der Waals surface area contributed by atoms with Gasteiger partial charge in [-0.2, -0.15) is 0 Å². The SMILES string of the molecule is COc1c(F)cc(N2CCN(C(=O)CNc3ccc4[nH]c(=O)n(C)c4c3)CC2)cc1F. The summed E-state index contributed by atoms with van der Waals surface area (Å²) in [4.78, 5) is 30.6. The lowest BCUT2D eigenvalue weighted by molar-refractivity contribution is -0.129. The van der Waals surface area contributed by atoms with Crippen molar-refractivity contribution in [2.45, 2.75) is 0 Å². The first-order valence-electron chi connectivity index (χ1n) is 9.85. The van der Waals surface area contributed by atoms with Crippen LogP contribution >= 0.6 is 0 Å². The zero-order valence-electron chi connectivity index (χ0n) is 17.2. The number of amides is 1. The molecule has 0 aliphatic carbocycles. The molecule has 1 amide bonds. The van der Waals surface area contributed by atoms with Crippen molar-refractivity contribution in [1.82, 2.24) is 14.5 Å². The smallest absolute Gasteiger partial charge is 0.326 e. The monoisotopic (exact) mass is 431 g/mol. The summed E-state index contributed by atoms with van der Waals surface area (Å²) >= 11 is 0. The van der Waals surface area contributed by atoms with Crippen LogP contribution in [-0.4, -0.2) is 60.2 Å². The molecule has 10 heteroatoms. The molecular weight excluding hydrogens is 408 g/mol. The number of nitrogens with one attached hydrogen (secondary N) is 2. The number of piperazine rings is 1. The lowest BCUT2D eigenvalue weighted by Gasteiger charge is -2.36. The molecule has 3 aromatic rings. The number of nitrogens with zero attached hydrogens (tertiary/aromatic N) is 3. The van der Waals surface area contributed by atoms with Crippen molar-refractivity contribution in [3.8, 4) is 5.75 Å². The highest BCUT2D eigenvalue weighted by atomic mass is 19.1. The van der Waals surface area contributed by atoms with E-state index in [4.69, 9.17) is 4.74 Å². The van der Waals surface area contributed by atoms with E-state index in [2.05, 4.69) is 10.3 Å². The molecule has 1 aromatic heterocycles. The Balaban J connectivity index is 1.34. The highest BCUT2D eigenvalue weighted by Gasteiger charge is 2.23. The predicted octanol–water partition coefficient (Wildman–Crippen LogP) is 1.91. The summed E-state index contributed by atoms with van der Waals surface area (Å²) in [6.45, 7) is 1.93. The van der Waals surface area contributed by atoms with Gasteiger partial charge in [-0.1, -0.05) is 0 Å². The van der Waals surface area contributed by atoms with Gasteiger partial charge < -0.3 is 24.8 Å². The molecule has 0 unspecified atom stereocenters. The second-order valence-corrected chi connectivity index (χ2v) is 7.39. The third-order valence-electron chi connectivity index (χ3n) is 5.53. The number of aryl methyl sites for hydroxylation is 1. The fourth-order valence-electron chi connectivity index (χ4n) is 3.76. The van der Waals surface area contributed by atoms with Crippen molar-refractivity contribution in [2.24, 2.45) is 7.05 Å². The third kappa shape index (κ3) is 4.05. The van der Waals surface area contributed by atoms with Crippen LogP contribution in [0.1, 0.15) is 0 Å². The topological polar surface area (TPSA) is 82.6 Å². The zero-order valence-corrected chi connectivity index (χ0v) is 17.2. The molecule has 2 heterocycles. The Morgan fingerprint density at radius 2 is 1.81 bits per heavy atom. The molecule has 2 N–H and O–H groups in total. The van der Waals surface area contributed by atoms with E-state index in [1.807, 2.05) is 11.0 Å². The minimum absolute atomic E-state index is 0.0743. The van der Waals surface area contributed by atoms with Gasteiger partial charge in [0.15, 0.2) is 17.4 Å². The average Bonchev–Trinajstić information content (AvgIpc) is 3.05. The van der Waals surface area contributed by atoms with Gasteiger partial charge in [0.2, 0.25) is 5.91 Å². The Morgan fingerprint density at radius 1 is 1.13 bits per heavy atom. The molecule has 1 fully saturated rings. The van der Waals surface area contributed by atoms with E-state index in [-0.39, 0.29) is 18.1 Å². The first-order valence-corrected chi connectivity index (χ1v) is 9.85. The van der Waals surface area contributed by atoms with E-state index >= 15 is 0 Å². The summed E-state index contributed by atoms with van der Waals surface area (Å²) in [6, 6.07) is 7.88. The number of aromatic amines is 1. The van der Waals surface area contributed by atoms with E-state index in [9.17, 15) is 18.4 Å². The summed E-state index contributed by atoms with van der Waals surface area (Å²) in [6.07, 6.45) is 0. The van der Waals surface area contributed by atoms with Gasteiger partial charge >= 0.3 is 5.69 Å². The molecule has 0 radical (unpaired) electrons. The number of fused-ring (bicyclic) bond motifs is 1. The van der Waals surface area contributed by atoms with Gasteiger partial charge in [0.25, 0.3) is 0 Å². The van der Waals surface area contributed by atoms with Crippen LogP contribution in [0.15, 0.2) is 35.1 Å². The minimum atomic E-state index is -0.753. The van der Waals surface area contributed by atoms with Crippen LogP contribution in [0.4, 0.5) is 20.2 Å². The van der Waals surface area contributed by atoms with Crippen molar-refractivity contribution in [3.63, 3.8) is 0 Å². The standard InChI is InChI=1S/C21H23F2N5O3/c1-26-18-9-13(3-4-17(18)25-21(26)30)24-12-19(29)28-7-5-27(6-8-28)14-10-15(22)20(31-2)16(23)11-14/h3-4,9-11,24H,5-8,12H2,1-2H3,(H,25,30). The molecule has 0 spiro atoms. The second kappa shape index (κ2) is 8.29. The highest BCUT2D eigenvalue weighted by Crippen LogP contribution is 2.28. The lowest BCUT2D eigenvalue weighted by Crippen LogP contribution is -2.50. The fourth-order valence-corrected chi connectivity index (χ4v) is 3.76. The second-order valence-electron chi connectivity index (χ2n) is 7.39. The fraction of sp³-hybridized carbons (Fsp3) is 0.333. The molecule has 164 valence electrons. The largest absolute Gasteiger partial charge is 0.491 e. The minimum Gasteiger partial charge on any atom is -0.491 e. The summed E-state index contributed by atoms with van der Waals surface area (Å²) in [7, 11) is 2.90. The van der Waals surface area contributed by atoms with Gasteiger partial charge in [-0.25, -0.2) is 13.6 Å². The lowest BCUT2D eigenvalue weighted by atomic mass is 10.2. The number of aromatic nitrogens is 2. The number of imidazole rings is 1. The molecule has 4 rings (SSSR count). The molecule has 1 saturated heterocycles. The number of carbonyl (C=O) groups is 1. The zero-order chi connectivity index (χ0) is 22.1. The molecule has 1 aliphatic heterocycles. The van der Waals surface area contributed by atoms with E-state index in [1.165, 1.54) is 23.8 Å². The normalized spacial score (nSPS) is 14.2. The Labute approximate surface area is 177 Å². The van der Waals surface area contributed by atoms with Crippen molar-refractivity contribution in [3.05, 3.63) is 52.5 Å². The van der Waals surface area contributed by atoms with Crippen molar-refractivity contribution in [2.75, 3.05) is 50.1 Å². The first-order chi connectivity index (χ1) is 14.9. The number of anilines is 2. The molecule has 31 heavy (non-hydrogen) atoms. The summed E-state index contributed by atoms with van der Waals surface area (Å²) in [5, 5.41) is 3.09. The highest BCUT2D eigenvalue weighted by molar-refractivity contribution is 5.83. The molecule has 2 aromatic carbocycles. The van der Waals surface area contributed by atoms with E-state index in [0.29, 0.717) is 31.9 Å². The first kappa shape index (κ1) is 20.7. The van der Waals surface area contributed by atoms with Gasteiger partial charge in [-0.05, 0) is 18.2 Å². The van der Waals surface area contributed by atoms with Gasteiger partial charge in [0.05, 0.1) is 24.7 Å². The number of benzene rings is 2. The van der Waals surface area contributed by atoms with Crippen LogP contribution in [0.2, 0.25) is 0 Å². The van der Waals surface area contributed by atoms with Gasteiger partial charge in [0, 0.05) is 56.7 Å². The molecule has 1 aliphatic rings. The molecule has 0 bridgehead atoms. The van der Waals surface area contributed by atoms with Gasteiger partial charge in [-0.15, -0.1) is 0 Å². The predicted molar refractivity (Wildman–Crippen MR) is 114 cm³/mol. The summed E-state index contributed by atoms with van der Waals surface area (Å²) in [5.41, 5.74) is 2.43. The maximum atomic E-state index is 14.0. The number of rotatable bonds is 5. The van der Waals surface area contributed by atoms with Crippen molar-refractivity contribution >= 4 is 28.3 Å². The van der Waals surface area contributed by atoms with E-state index < -0.39 is 17.4 Å². The Hall–Kier alpha value is -3.56. The van der Waals surface area contributed by atoms with Crippen LogP contribution in [0.25, 0.3) is 11.0 Å². The molecule has 0 atom stereocenters. The van der Waals surface area contributed by atoms with Crippen LogP contribution in [0.3, 0.4) is 0 Å². The average molecular weight is 431 g/mol. The quantitative estimate of drug-likeness (QED) is 0.645. The number of hydrogen-bond donors (Lipinski definition) is 2. The number of hydrogen-bond acceptors (Lipinski definition) is 5. The number of halogens is 2. The Kier molecular flexibility index (Phi) is 5.53. The molecule has 0 saturated carbocycles. The maximum absolute atomic E-state index is 14.0. The summed E-state index contributed by atoms with van der Waals surface area (Å²) in [5.74, 6) is -1.98. The molecular formula is C21H23F2N5O3. The summed E-state index contributed by atoms with van der Waals surface area (Å²) < 4.78 is 34.2. The van der Waals surface area contributed by atoms with Crippen molar-refractivity contribution in [1.29, 1.82) is 0 Å². The number of H-pyrrole nitrogens is 1. The van der Waals surface area contributed by atoms with Gasteiger partial charge in [-0.3, -0.25) is 9.36 Å². The maximum Gasteiger partial charge on any atom is 0.326 e. The van der Waals surface area contributed by atoms with Crippen molar-refractivity contribution < 1.29 is 18.3 Å². The van der Waals surface area contributed by atoms with Crippen LogP contribution in [0, 0.1) is 11.6 Å². The molecule has 8 nitrogen and oxygen atoms in total. The van der Waals surface area contributed by atoms with Gasteiger partial charge in [0.1, 0.15) is 0 Å². The number of carbonyl (C=O) groups excluding carboxylic acids is 1. The van der Waals surface area contributed by atoms with Crippen LogP contribution in [-0.2, 0) is 11.8 Å². The third-order valence-corrected chi connectivity index (χ3v) is 5.53.